The van der Waals surface area contributed by atoms with Gasteiger partial charge in [-0.05, 0) is 54.9 Å². The van der Waals surface area contributed by atoms with E-state index >= 15 is 0 Å². The summed E-state index contributed by atoms with van der Waals surface area (Å²) < 4.78 is 21.7. The predicted octanol–water partition coefficient (Wildman–Crippen LogP) is 5.65. The molecule has 1 unspecified atom stereocenters. The third kappa shape index (κ3) is 3.99. The average molecular weight is 457 g/mol. The first-order valence-electron chi connectivity index (χ1n) is 9.90. The minimum Gasteiger partial charge on any atom is -0.490 e. The van der Waals surface area contributed by atoms with Crippen molar-refractivity contribution in [1.29, 1.82) is 0 Å². The lowest BCUT2D eigenvalue weighted by Gasteiger charge is -2.25. The van der Waals surface area contributed by atoms with Crippen molar-refractivity contribution >= 4 is 34.1 Å². The molecule has 3 heterocycles. The van der Waals surface area contributed by atoms with Crippen molar-refractivity contribution in [2.75, 3.05) is 6.61 Å². The molecule has 8 heteroatoms. The summed E-state index contributed by atoms with van der Waals surface area (Å²) in [6, 6.07) is 10.8. The maximum Gasteiger partial charge on any atom is 0.222 e. The SMILES string of the molecule is CC1COc2c(Cl)cc(-n3ccc4cc(F)ccc43)cc2CN1Cc1cnc(Cl)nc1. The Hall–Kier alpha value is -2.67. The summed E-state index contributed by atoms with van der Waals surface area (Å²) in [4.78, 5) is 10.5. The number of benzene rings is 2. The molecule has 0 amide bonds. The molecule has 158 valence electrons. The predicted molar refractivity (Wildman–Crippen MR) is 119 cm³/mol. The molecule has 0 aliphatic carbocycles. The molecule has 0 radical (unpaired) electrons. The zero-order chi connectivity index (χ0) is 21.5. The second-order valence-electron chi connectivity index (χ2n) is 7.73. The molecule has 5 nitrogen and oxygen atoms in total. The van der Waals surface area contributed by atoms with E-state index in [1.54, 1.807) is 18.5 Å². The molecule has 0 saturated carbocycles. The number of rotatable bonds is 3. The van der Waals surface area contributed by atoms with Gasteiger partial charge in [-0.1, -0.05) is 11.6 Å². The summed E-state index contributed by atoms with van der Waals surface area (Å²) in [6.07, 6.45) is 5.40. The zero-order valence-electron chi connectivity index (χ0n) is 16.7. The standard InChI is InChI=1S/C23H19Cl2FN4O/c1-14-13-31-22-17(12-29(14)11-15-9-27-23(25)28-10-15)7-19(8-20(22)24)30-5-4-16-6-18(26)2-3-21(16)30/h2-10,14H,11-13H2,1H3. The van der Waals surface area contributed by atoms with Crippen LogP contribution in [0.1, 0.15) is 18.1 Å². The molecular weight excluding hydrogens is 438 g/mol. The van der Waals surface area contributed by atoms with Crippen LogP contribution in [0.4, 0.5) is 4.39 Å². The first kappa shape index (κ1) is 20.2. The second-order valence-corrected chi connectivity index (χ2v) is 8.48. The summed E-state index contributed by atoms with van der Waals surface area (Å²) in [5.74, 6) is 0.448. The highest BCUT2D eigenvalue weighted by Crippen LogP contribution is 2.36. The van der Waals surface area contributed by atoms with Crippen LogP contribution in [-0.4, -0.2) is 32.1 Å². The van der Waals surface area contributed by atoms with Crippen molar-refractivity contribution < 1.29 is 9.13 Å². The summed E-state index contributed by atoms with van der Waals surface area (Å²) >= 11 is 12.5. The van der Waals surface area contributed by atoms with E-state index in [1.807, 2.05) is 22.9 Å². The maximum atomic E-state index is 13.6. The summed E-state index contributed by atoms with van der Waals surface area (Å²) in [5.41, 5.74) is 3.78. The molecule has 0 saturated heterocycles. The van der Waals surface area contributed by atoms with Gasteiger partial charge in [0.1, 0.15) is 18.2 Å². The fourth-order valence-electron chi connectivity index (χ4n) is 3.94. The third-order valence-electron chi connectivity index (χ3n) is 5.56. The first-order valence-corrected chi connectivity index (χ1v) is 10.7. The minimum atomic E-state index is -0.255. The number of hydrogen-bond donors (Lipinski definition) is 0. The van der Waals surface area contributed by atoms with Crippen molar-refractivity contribution in [2.24, 2.45) is 0 Å². The van der Waals surface area contributed by atoms with Gasteiger partial charge in [0.05, 0.1) is 10.5 Å². The Bertz CT molecular complexity index is 1260. The highest BCUT2D eigenvalue weighted by molar-refractivity contribution is 6.32. The Balaban J connectivity index is 1.51. The smallest absolute Gasteiger partial charge is 0.222 e. The molecule has 0 bridgehead atoms. The lowest BCUT2D eigenvalue weighted by atomic mass is 10.1. The van der Waals surface area contributed by atoms with E-state index < -0.39 is 0 Å². The molecule has 31 heavy (non-hydrogen) atoms. The minimum absolute atomic E-state index is 0.165. The van der Waals surface area contributed by atoms with E-state index in [9.17, 15) is 4.39 Å². The number of halogens is 3. The van der Waals surface area contributed by atoms with Crippen LogP contribution < -0.4 is 4.74 Å². The molecule has 5 rings (SSSR count). The van der Waals surface area contributed by atoms with Crippen LogP contribution in [-0.2, 0) is 13.1 Å². The normalized spacial score (nSPS) is 16.7. The lowest BCUT2D eigenvalue weighted by Crippen LogP contribution is -2.34. The van der Waals surface area contributed by atoms with Gasteiger partial charge in [0, 0.05) is 59.9 Å². The molecule has 1 aliphatic rings. The Morgan fingerprint density at radius 3 is 2.74 bits per heavy atom. The number of hydrogen-bond acceptors (Lipinski definition) is 4. The molecule has 2 aromatic heterocycles. The van der Waals surface area contributed by atoms with E-state index in [2.05, 4.69) is 27.9 Å². The van der Waals surface area contributed by atoms with Crippen molar-refractivity contribution in [1.82, 2.24) is 19.4 Å². The monoisotopic (exact) mass is 456 g/mol. The first-order chi connectivity index (χ1) is 15.0. The summed E-state index contributed by atoms with van der Waals surface area (Å²) in [6.45, 7) is 3.95. The van der Waals surface area contributed by atoms with E-state index in [4.69, 9.17) is 27.9 Å². The van der Waals surface area contributed by atoms with Crippen LogP contribution in [0.15, 0.2) is 55.0 Å². The molecular formula is C23H19Cl2FN4O. The lowest BCUT2D eigenvalue weighted by molar-refractivity contribution is 0.151. The Morgan fingerprint density at radius 2 is 1.94 bits per heavy atom. The van der Waals surface area contributed by atoms with Crippen molar-refractivity contribution in [3.63, 3.8) is 0 Å². The van der Waals surface area contributed by atoms with Gasteiger partial charge in [-0.15, -0.1) is 0 Å². The molecule has 2 aromatic carbocycles. The summed E-state index contributed by atoms with van der Waals surface area (Å²) in [7, 11) is 0. The molecule has 4 aromatic rings. The van der Waals surface area contributed by atoms with Gasteiger partial charge in [0.2, 0.25) is 5.28 Å². The Kier molecular flexibility index (Phi) is 5.30. The van der Waals surface area contributed by atoms with Gasteiger partial charge < -0.3 is 9.30 Å². The van der Waals surface area contributed by atoms with Gasteiger partial charge >= 0.3 is 0 Å². The maximum absolute atomic E-state index is 13.6. The molecule has 1 aliphatic heterocycles. The Labute approximate surface area is 189 Å². The average Bonchev–Trinajstić information content (AvgIpc) is 3.09. The van der Waals surface area contributed by atoms with Crippen molar-refractivity contribution in [3.8, 4) is 11.4 Å². The zero-order valence-corrected chi connectivity index (χ0v) is 18.2. The van der Waals surface area contributed by atoms with Gasteiger partial charge in [-0.3, -0.25) is 4.90 Å². The highest BCUT2D eigenvalue weighted by Gasteiger charge is 2.24. The van der Waals surface area contributed by atoms with Crippen LogP contribution in [0.3, 0.4) is 0 Å². The molecule has 0 spiro atoms. The van der Waals surface area contributed by atoms with Crippen LogP contribution in [0.25, 0.3) is 16.6 Å². The molecule has 0 fully saturated rings. The van der Waals surface area contributed by atoms with Gasteiger partial charge in [0.25, 0.3) is 0 Å². The van der Waals surface area contributed by atoms with E-state index in [0.29, 0.717) is 30.5 Å². The van der Waals surface area contributed by atoms with Gasteiger partial charge in [-0.25, -0.2) is 14.4 Å². The Morgan fingerprint density at radius 1 is 1.13 bits per heavy atom. The molecule has 0 N–H and O–H groups in total. The number of fused-ring (bicyclic) bond motifs is 2. The van der Waals surface area contributed by atoms with Crippen LogP contribution >= 0.6 is 23.2 Å². The van der Waals surface area contributed by atoms with Crippen LogP contribution in [0.5, 0.6) is 5.75 Å². The summed E-state index contributed by atoms with van der Waals surface area (Å²) in [5, 5.41) is 1.62. The fourth-order valence-corrected chi connectivity index (χ4v) is 4.33. The van der Waals surface area contributed by atoms with Crippen molar-refractivity contribution in [3.05, 3.63) is 82.2 Å². The number of aromatic nitrogens is 3. The second kappa shape index (κ2) is 8.11. The van der Waals surface area contributed by atoms with Gasteiger partial charge in [0.15, 0.2) is 0 Å². The third-order valence-corrected chi connectivity index (χ3v) is 6.04. The number of ether oxygens (including phenoxy) is 1. The van der Waals surface area contributed by atoms with E-state index in [0.717, 1.165) is 27.7 Å². The van der Waals surface area contributed by atoms with Crippen molar-refractivity contribution in [2.45, 2.75) is 26.1 Å². The largest absolute Gasteiger partial charge is 0.490 e. The van der Waals surface area contributed by atoms with Crippen LogP contribution in [0.2, 0.25) is 10.3 Å². The molecule has 1 atom stereocenters. The fraction of sp³-hybridized carbons (Fsp3) is 0.217. The topological polar surface area (TPSA) is 43.2 Å². The highest BCUT2D eigenvalue weighted by atomic mass is 35.5. The number of nitrogens with zero attached hydrogens (tertiary/aromatic N) is 4. The quantitative estimate of drug-likeness (QED) is 0.373. The van der Waals surface area contributed by atoms with Crippen LogP contribution in [0, 0.1) is 5.82 Å². The van der Waals surface area contributed by atoms with E-state index in [-0.39, 0.29) is 17.1 Å². The van der Waals surface area contributed by atoms with Gasteiger partial charge in [-0.2, -0.15) is 0 Å². The van der Waals surface area contributed by atoms with E-state index in [1.165, 1.54) is 12.1 Å².